The summed E-state index contributed by atoms with van der Waals surface area (Å²) in [5.41, 5.74) is 0.648. The minimum absolute atomic E-state index is 0.191. The van der Waals surface area contributed by atoms with Crippen LogP contribution in [-0.2, 0) is 15.3 Å². The highest BCUT2D eigenvalue weighted by Crippen LogP contribution is 2.36. The Kier molecular flexibility index (Phi) is 3.62. The van der Waals surface area contributed by atoms with E-state index in [1.807, 2.05) is 49.4 Å². The maximum Gasteiger partial charge on any atom is 0.243 e. The van der Waals surface area contributed by atoms with Crippen molar-refractivity contribution in [1.82, 2.24) is 5.01 Å². The zero-order valence-electron chi connectivity index (χ0n) is 12.3. The van der Waals surface area contributed by atoms with E-state index in [9.17, 15) is 4.79 Å². The molecule has 112 valence electrons. The van der Waals surface area contributed by atoms with Crippen LogP contribution in [0.3, 0.4) is 0 Å². The fourth-order valence-corrected chi connectivity index (χ4v) is 2.57. The van der Waals surface area contributed by atoms with Gasteiger partial charge in [0.05, 0.1) is 0 Å². The van der Waals surface area contributed by atoms with Gasteiger partial charge >= 0.3 is 0 Å². The van der Waals surface area contributed by atoms with Crippen LogP contribution < -0.4 is 0 Å². The third kappa shape index (κ3) is 2.46. The fourth-order valence-electron chi connectivity index (χ4n) is 2.45. The first-order valence-corrected chi connectivity index (χ1v) is 7.28. The van der Waals surface area contributed by atoms with E-state index >= 15 is 0 Å². The lowest BCUT2D eigenvalue weighted by Crippen LogP contribution is -2.41. The molecular weight excluding hydrogens is 300 g/mol. The van der Waals surface area contributed by atoms with Gasteiger partial charge in [0.2, 0.25) is 17.5 Å². The lowest BCUT2D eigenvalue weighted by Gasteiger charge is -2.31. The van der Waals surface area contributed by atoms with Gasteiger partial charge in [-0.1, -0.05) is 41.9 Å². The van der Waals surface area contributed by atoms with Crippen LogP contribution in [0, 0.1) is 0 Å². The maximum atomic E-state index is 12.0. The van der Waals surface area contributed by atoms with Crippen molar-refractivity contribution in [2.75, 3.05) is 0 Å². The Hall–Kier alpha value is -2.33. The molecule has 0 bridgehead atoms. The van der Waals surface area contributed by atoms with Gasteiger partial charge in [-0.2, -0.15) is 5.01 Å². The van der Waals surface area contributed by atoms with Gasteiger partial charge in [-0.25, -0.2) is 0 Å². The maximum absolute atomic E-state index is 12.0. The second-order valence-electron chi connectivity index (χ2n) is 5.19. The zero-order valence-corrected chi connectivity index (χ0v) is 13.0. The van der Waals surface area contributed by atoms with Gasteiger partial charge in [0.1, 0.15) is 0 Å². The van der Waals surface area contributed by atoms with Crippen molar-refractivity contribution < 1.29 is 9.53 Å². The summed E-state index contributed by atoms with van der Waals surface area (Å²) in [6, 6.07) is 16.7. The quantitative estimate of drug-likeness (QED) is 0.847. The average Bonchev–Trinajstić information content (AvgIpc) is 2.88. The van der Waals surface area contributed by atoms with Gasteiger partial charge in [0.25, 0.3) is 0 Å². The molecule has 2 aromatic carbocycles. The van der Waals surface area contributed by atoms with Crippen molar-refractivity contribution >= 4 is 23.4 Å². The van der Waals surface area contributed by atoms with Gasteiger partial charge in [-0.05, 0) is 24.3 Å². The van der Waals surface area contributed by atoms with Crippen LogP contribution in [0.2, 0.25) is 5.02 Å². The summed E-state index contributed by atoms with van der Waals surface area (Å²) in [6.07, 6.45) is 0. The number of hydrogen-bond donors (Lipinski definition) is 0. The number of benzene rings is 2. The Morgan fingerprint density at radius 3 is 2.36 bits per heavy atom. The molecule has 22 heavy (non-hydrogen) atoms. The first kappa shape index (κ1) is 14.6. The van der Waals surface area contributed by atoms with E-state index in [4.69, 9.17) is 16.3 Å². The summed E-state index contributed by atoms with van der Waals surface area (Å²) in [5, 5.41) is 6.34. The Labute approximate surface area is 134 Å². The molecule has 1 aliphatic rings. The number of nitrogens with zero attached hydrogens (tertiary/aromatic N) is 2. The van der Waals surface area contributed by atoms with Gasteiger partial charge in [-0.15, -0.1) is 5.10 Å². The topological polar surface area (TPSA) is 41.9 Å². The van der Waals surface area contributed by atoms with Crippen LogP contribution >= 0.6 is 11.6 Å². The molecule has 0 unspecified atom stereocenters. The predicted octanol–water partition coefficient (Wildman–Crippen LogP) is 3.75. The summed E-state index contributed by atoms with van der Waals surface area (Å²) in [6.45, 7) is 3.28. The largest absolute Gasteiger partial charge is 0.443 e. The standard InChI is InChI=1S/C17H15ClN2O2/c1-12(21)20-17(2,14-8-10-15(18)11-9-14)22-16(19-20)13-6-4-3-5-7-13/h3-11H,1-2H3/t17-/m1/s1. The zero-order chi connectivity index (χ0) is 15.7. The second-order valence-corrected chi connectivity index (χ2v) is 5.63. The molecule has 0 spiro atoms. The molecule has 0 saturated heterocycles. The predicted molar refractivity (Wildman–Crippen MR) is 85.4 cm³/mol. The number of hydrogen-bond acceptors (Lipinski definition) is 3. The highest BCUT2D eigenvalue weighted by Gasteiger charge is 2.44. The third-order valence-electron chi connectivity index (χ3n) is 3.59. The van der Waals surface area contributed by atoms with E-state index in [0.29, 0.717) is 10.9 Å². The monoisotopic (exact) mass is 314 g/mol. The molecule has 0 fully saturated rings. The van der Waals surface area contributed by atoms with E-state index in [0.717, 1.165) is 11.1 Å². The highest BCUT2D eigenvalue weighted by molar-refractivity contribution is 6.30. The molecule has 5 heteroatoms. The van der Waals surface area contributed by atoms with Crippen molar-refractivity contribution in [2.45, 2.75) is 19.6 Å². The lowest BCUT2D eigenvalue weighted by molar-refractivity contribution is -0.146. The van der Waals surface area contributed by atoms with Crippen LogP contribution in [0.4, 0.5) is 0 Å². The summed E-state index contributed by atoms with van der Waals surface area (Å²) in [7, 11) is 0. The van der Waals surface area contributed by atoms with E-state index in [2.05, 4.69) is 5.10 Å². The normalized spacial score (nSPS) is 20.5. The molecular formula is C17H15ClN2O2. The van der Waals surface area contributed by atoms with Gasteiger partial charge in [0.15, 0.2) is 0 Å². The number of ether oxygens (including phenoxy) is 1. The summed E-state index contributed by atoms with van der Waals surface area (Å²) in [4.78, 5) is 12.0. The van der Waals surface area contributed by atoms with Gasteiger partial charge < -0.3 is 4.74 Å². The number of carbonyl (C=O) groups excluding carboxylic acids is 1. The fraction of sp³-hybridized carbons (Fsp3) is 0.176. The summed E-state index contributed by atoms with van der Waals surface area (Å²) in [5.74, 6) is 0.233. The molecule has 1 atom stereocenters. The minimum Gasteiger partial charge on any atom is -0.443 e. The molecule has 0 radical (unpaired) electrons. The summed E-state index contributed by atoms with van der Waals surface area (Å²) >= 11 is 5.94. The SMILES string of the molecule is CC(=O)N1N=C(c2ccccc2)O[C@]1(C)c1ccc(Cl)cc1. The Bertz CT molecular complexity index is 728. The van der Waals surface area contributed by atoms with Gasteiger partial charge in [0, 0.05) is 30.0 Å². The smallest absolute Gasteiger partial charge is 0.243 e. The van der Waals surface area contributed by atoms with Crippen molar-refractivity contribution in [2.24, 2.45) is 5.10 Å². The number of hydrazone groups is 1. The van der Waals surface area contributed by atoms with Crippen molar-refractivity contribution in [3.63, 3.8) is 0 Å². The average molecular weight is 315 g/mol. The van der Waals surface area contributed by atoms with E-state index in [1.165, 1.54) is 11.9 Å². The molecule has 0 saturated carbocycles. The number of rotatable bonds is 2. The van der Waals surface area contributed by atoms with E-state index in [1.54, 1.807) is 12.1 Å². The van der Waals surface area contributed by atoms with E-state index in [-0.39, 0.29) is 5.91 Å². The molecule has 0 aromatic heterocycles. The van der Waals surface area contributed by atoms with Gasteiger partial charge in [-0.3, -0.25) is 4.79 Å². The summed E-state index contributed by atoms with van der Waals surface area (Å²) < 4.78 is 6.05. The van der Waals surface area contributed by atoms with Crippen LogP contribution in [0.5, 0.6) is 0 Å². The lowest BCUT2D eigenvalue weighted by atomic mass is 10.0. The molecule has 1 heterocycles. The van der Waals surface area contributed by atoms with Crippen LogP contribution in [0.25, 0.3) is 0 Å². The number of halogens is 1. The second kappa shape index (κ2) is 5.46. The van der Waals surface area contributed by atoms with Crippen LogP contribution in [0.15, 0.2) is 59.7 Å². The molecule has 4 nitrogen and oxygen atoms in total. The van der Waals surface area contributed by atoms with Crippen molar-refractivity contribution in [3.8, 4) is 0 Å². The number of amides is 1. The van der Waals surface area contributed by atoms with Crippen molar-refractivity contribution in [3.05, 3.63) is 70.7 Å². The Balaban J connectivity index is 2.02. The Morgan fingerprint density at radius 2 is 1.77 bits per heavy atom. The van der Waals surface area contributed by atoms with Crippen LogP contribution in [-0.4, -0.2) is 16.8 Å². The first-order valence-electron chi connectivity index (χ1n) is 6.90. The minimum atomic E-state index is -0.985. The van der Waals surface area contributed by atoms with Crippen molar-refractivity contribution in [1.29, 1.82) is 0 Å². The van der Waals surface area contributed by atoms with E-state index < -0.39 is 5.72 Å². The molecule has 3 rings (SSSR count). The molecule has 0 N–H and O–H groups in total. The van der Waals surface area contributed by atoms with Crippen LogP contribution in [0.1, 0.15) is 25.0 Å². The number of carbonyl (C=O) groups is 1. The highest BCUT2D eigenvalue weighted by atomic mass is 35.5. The first-order chi connectivity index (χ1) is 10.5. The molecule has 1 aliphatic heterocycles. The third-order valence-corrected chi connectivity index (χ3v) is 3.84. The Morgan fingerprint density at radius 1 is 1.14 bits per heavy atom. The molecule has 0 aliphatic carbocycles. The molecule has 2 aromatic rings. The molecule has 1 amide bonds.